The first kappa shape index (κ1) is 21.8. The van der Waals surface area contributed by atoms with Crippen molar-refractivity contribution in [1.29, 1.82) is 0 Å². The van der Waals surface area contributed by atoms with E-state index in [9.17, 15) is 14.7 Å². The van der Waals surface area contributed by atoms with Gasteiger partial charge in [0.25, 0.3) is 0 Å². The van der Waals surface area contributed by atoms with Crippen molar-refractivity contribution in [3.05, 3.63) is 47.3 Å². The van der Waals surface area contributed by atoms with Gasteiger partial charge in [-0.1, -0.05) is 13.0 Å². The molecule has 1 aromatic carbocycles. The summed E-state index contributed by atoms with van der Waals surface area (Å²) in [6.07, 6.45) is 3.79. The van der Waals surface area contributed by atoms with Crippen LogP contribution in [0.2, 0.25) is 0 Å². The van der Waals surface area contributed by atoms with Gasteiger partial charge in [-0.3, -0.25) is 4.98 Å². The van der Waals surface area contributed by atoms with Crippen molar-refractivity contribution in [2.24, 2.45) is 0 Å². The van der Waals surface area contributed by atoms with E-state index in [1.54, 1.807) is 12.3 Å². The summed E-state index contributed by atoms with van der Waals surface area (Å²) in [4.78, 5) is 28.1. The zero-order chi connectivity index (χ0) is 20.9. The zero-order valence-corrected chi connectivity index (χ0v) is 17.5. The number of aromatic nitrogens is 1. The van der Waals surface area contributed by atoms with Gasteiger partial charge in [-0.15, -0.1) is 12.6 Å². The monoisotopic (exact) mass is 402 g/mol. The summed E-state index contributed by atoms with van der Waals surface area (Å²) in [7, 11) is 0. The second kappa shape index (κ2) is 9.10. The van der Waals surface area contributed by atoms with Crippen LogP contribution in [0.25, 0.3) is 11.1 Å². The molecule has 0 radical (unpaired) electrons. The number of rotatable bonds is 6. The third kappa shape index (κ3) is 5.73. The molecular formula is C21H26N2O4S. The molecule has 28 heavy (non-hydrogen) atoms. The molecule has 1 amide bonds. The van der Waals surface area contributed by atoms with E-state index < -0.39 is 17.7 Å². The first-order valence-corrected chi connectivity index (χ1v) is 9.56. The lowest BCUT2D eigenvalue weighted by atomic mass is 9.95. The molecule has 0 saturated heterocycles. The Kier molecular flexibility index (Phi) is 7.07. The standard InChI is InChI=1S/C21H26N2O4S/c1-5-14-10-13(6-9-23-20(26)27-21(2,3)4)11-16(18(14)28)15-7-8-22-12-17(15)19(24)25/h7-8,10-12,28H,5-6,9H2,1-4H3,(H,23,26)(H,24,25). The molecule has 2 N–H and O–H groups in total. The van der Waals surface area contributed by atoms with Crippen LogP contribution in [0, 0.1) is 0 Å². The summed E-state index contributed by atoms with van der Waals surface area (Å²) in [5.41, 5.74) is 2.90. The Morgan fingerprint density at radius 2 is 1.96 bits per heavy atom. The van der Waals surface area contributed by atoms with Crippen molar-refractivity contribution in [3.8, 4) is 11.1 Å². The van der Waals surface area contributed by atoms with Gasteiger partial charge in [-0.2, -0.15) is 0 Å². The predicted molar refractivity (Wildman–Crippen MR) is 111 cm³/mol. The van der Waals surface area contributed by atoms with Crippen LogP contribution < -0.4 is 5.32 Å². The van der Waals surface area contributed by atoms with Gasteiger partial charge in [-0.05, 0) is 62.4 Å². The number of aryl methyl sites for hydroxylation is 1. The van der Waals surface area contributed by atoms with Gasteiger partial charge in [0.15, 0.2) is 0 Å². The van der Waals surface area contributed by atoms with Crippen LogP contribution in [-0.4, -0.2) is 34.3 Å². The van der Waals surface area contributed by atoms with Crippen molar-refractivity contribution < 1.29 is 19.4 Å². The number of amides is 1. The number of benzene rings is 1. The maximum Gasteiger partial charge on any atom is 0.407 e. The van der Waals surface area contributed by atoms with Crippen molar-refractivity contribution in [2.75, 3.05) is 6.54 Å². The molecule has 0 spiro atoms. The highest BCUT2D eigenvalue weighted by molar-refractivity contribution is 7.80. The fourth-order valence-electron chi connectivity index (χ4n) is 2.80. The largest absolute Gasteiger partial charge is 0.478 e. The number of thiol groups is 1. The Labute approximate surface area is 170 Å². The highest BCUT2D eigenvalue weighted by Crippen LogP contribution is 2.33. The summed E-state index contributed by atoms with van der Waals surface area (Å²) >= 11 is 4.63. The number of nitrogens with one attached hydrogen (secondary N) is 1. The lowest BCUT2D eigenvalue weighted by molar-refractivity contribution is 0.0528. The topological polar surface area (TPSA) is 88.5 Å². The van der Waals surface area contributed by atoms with E-state index in [1.165, 1.54) is 6.20 Å². The van der Waals surface area contributed by atoms with Crippen molar-refractivity contribution >= 4 is 24.7 Å². The van der Waals surface area contributed by atoms with E-state index in [1.807, 2.05) is 39.8 Å². The molecular weight excluding hydrogens is 376 g/mol. The number of hydrogen-bond acceptors (Lipinski definition) is 5. The third-order valence-corrected chi connectivity index (χ3v) is 4.58. The Balaban J connectivity index is 2.28. The van der Waals surface area contributed by atoms with E-state index in [0.29, 0.717) is 18.5 Å². The molecule has 1 heterocycles. The molecule has 6 nitrogen and oxygen atoms in total. The number of carbonyl (C=O) groups excluding carboxylic acids is 1. The molecule has 2 aromatic rings. The van der Waals surface area contributed by atoms with E-state index in [4.69, 9.17) is 4.74 Å². The second-order valence-electron chi connectivity index (χ2n) is 7.41. The first-order valence-electron chi connectivity index (χ1n) is 9.11. The van der Waals surface area contributed by atoms with Crippen LogP contribution in [0.1, 0.15) is 49.2 Å². The molecule has 0 atom stereocenters. The number of aromatic carboxylic acids is 1. The lowest BCUT2D eigenvalue weighted by Crippen LogP contribution is -2.33. The Morgan fingerprint density at radius 3 is 2.57 bits per heavy atom. The van der Waals surface area contributed by atoms with Crippen LogP contribution >= 0.6 is 12.6 Å². The molecule has 0 fully saturated rings. The number of hydrogen-bond donors (Lipinski definition) is 3. The maximum absolute atomic E-state index is 11.8. The minimum Gasteiger partial charge on any atom is -0.478 e. The van der Waals surface area contributed by atoms with Gasteiger partial charge in [0, 0.05) is 29.4 Å². The third-order valence-electron chi connectivity index (χ3n) is 4.05. The normalized spacial score (nSPS) is 11.2. The Morgan fingerprint density at radius 1 is 1.25 bits per heavy atom. The van der Waals surface area contributed by atoms with Crippen LogP contribution in [-0.2, 0) is 17.6 Å². The fourth-order valence-corrected chi connectivity index (χ4v) is 3.21. The highest BCUT2D eigenvalue weighted by atomic mass is 32.1. The van der Waals surface area contributed by atoms with Gasteiger partial charge >= 0.3 is 12.1 Å². The van der Waals surface area contributed by atoms with Crippen LogP contribution in [0.5, 0.6) is 0 Å². The molecule has 0 saturated carbocycles. The van der Waals surface area contributed by atoms with Crippen molar-refractivity contribution in [3.63, 3.8) is 0 Å². The van der Waals surface area contributed by atoms with Gasteiger partial charge in [0.1, 0.15) is 5.60 Å². The minimum atomic E-state index is -1.04. The predicted octanol–water partition coefficient (Wildman–Crippen LogP) is 4.37. The van der Waals surface area contributed by atoms with Gasteiger partial charge in [0.05, 0.1) is 5.56 Å². The number of carboxylic acid groups (broad SMARTS) is 1. The minimum absolute atomic E-state index is 0.129. The molecule has 1 aromatic heterocycles. The smallest absolute Gasteiger partial charge is 0.407 e. The number of ether oxygens (including phenoxy) is 1. The van der Waals surface area contributed by atoms with Gasteiger partial charge < -0.3 is 15.2 Å². The molecule has 7 heteroatoms. The fraction of sp³-hybridized carbons (Fsp3) is 0.381. The average molecular weight is 403 g/mol. The SMILES string of the molecule is CCc1cc(CCNC(=O)OC(C)(C)C)cc(-c2ccncc2C(=O)O)c1S. The van der Waals surface area contributed by atoms with Crippen LogP contribution in [0.15, 0.2) is 35.5 Å². The van der Waals surface area contributed by atoms with E-state index in [0.717, 1.165) is 28.0 Å². The van der Waals surface area contributed by atoms with E-state index in [2.05, 4.69) is 22.9 Å². The van der Waals surface area contributed by atoms with E-state index in [-0.39, 0.29) is 5.56 Å². The lowest BCUT2D eigenvalue weighted by Gasteiger charge is -2.20. The van der Waals surface area contributed by atoms with E-state index >= 15 is 0 Å². The number of alkyl carbamates (subject to hydrolysis) is 1. The first-order chi connectivity index (χ1) is 13.1. The maximum atomic E-state index is 11.8. The Bertz CT molecular complexity index is 875. The van der Waals surface area contributed by atoms with Gasteiger partial charge in [0.2, 0.25) is 0 Å². The van der Waals surface area contributed by atoms with Gasteiger partial charge in [-0.25, -0.2) is 9.59 Å². The molecule has 2 rings (SSSR count). The quantitative estimate of drug-likeness (QED) is 0.625. The molecule has 0 bridgehead atoms. The van der Waals surface area contributed by atoms with Crippen LogP contribution in [0.4, 0.5) is 4.79 Å². The number of carbonyl (C=O) groups is 2. The summed E-state index contributed by atoms with van der Waals surface area (Å²) in [5, 5.41) is 12.2. The molecule has 0 unspecified atom stereocenters. The summed E-state index contributed by atoms with van der Waals surface area (Å²) < 4.78 is 5.24. The number of nitrogens with zero attached hydrogens (tertiary/aromatic N) is 1. The molecule has 0 aliphatic heterocycles. The second-order valence-corrected chi connectivity index (χ2v) is 7.86. The highest BCUT2D eigenvalue weighted by Gasteiger charge is 2.17. The van der Waals surface area contributed by atoms with Crippen LogP contribution in [0.3, 0.4) is 0 Å². The Hall–Kier alpha value is -2.54. The zero-order valence-electron chi connectivity index (χ0n) is 16.6. The molecule has 0 aliphatic rings. The summed E-state index contributed by atoms with van der Waals surface area (Å²) in [6.45, 7) is 7.86. The molecule has 150 valence electrons. The molecule has 0 aliphatic carbocycles. The van der Waals surface area contributed by atoms with Crippen molar-refractivity contribution in [2.45, 2.75) is 51.0 Å². The summed E-state index contributed by atoms with van der Waals surface area (Å²) in [5.74, 6) is -1.04. The number of pyridine rings is 1. The number of carboxylic acids is 1. The van der Waals surface area contributed by atoms with Crippen molar-refractivity contribution in [1.82, 2.24) is 10.3 Å². The average Bonchev–Trinajstić information content (AvgIpc) is 2.61. The summed E-state index contributed by atoms with van der Waals surface area (Å²) in [6, 6.07) is 5.63.